The summed E-state index contributed by atoms with van der Waals surface area (Å²) in [6.07, 6.45) is 0. The summed E-state index contributed by atoms with van der Waals surface area (Å²) in [5.74, 6) is -2.55. The van der Waals surface area contributed by atoms with Gasteiger partial charge in [0.2, 0.25) is 0 Å². The average Bonchev–Trinajstić information content (AvgIpc) is 2.45. The van der Waals surface area contributed by atoms with Crippen LogP contribution in [-0.2, 0) is 16.5 Å². The van der Waals surface area contributed by atoms with Crippen LogP contribution >= 0.6 is 45.2 Å². The van der Waals surface area contributed by atoms with Crippen molar-refractivity contribution in [3.05, 3.63) is 54.7 Å². The van der Waals surface area contributed by atoms with E-state index in [2.05, 4.69) is 0 Å². The zero-order valence-corrected chi connectivity index (χ0v) is 16.4. The SMILES string of the molecule is O=C(O)c1cccc(I)c1O.O=C(O)c1cccc(I)c1O.[Ni]. The first-order valence-corrected chi connectivity index (χ1v) is 7.83. The molecule has 126 valence electrons. The third-order valence-electron chi connectivity index (χ3n) is 2.43. The Labute approximate surface area is 168 Å². The van der Waals surface area contributed by atoms with Crippen molar-refractivity contribution in [1.82, 2.24) is 0 Å². The molecule has 2 aromatic rings. The summed E-state index contributed by atoms with van der Waals surface area (Å²) in [5.41, 5.74) is -0.117. The molecule has 4 N–H and O–H groups in total. The van der Waals surface area contributed by atoms with Crippen LogP contribution in [0.4, 0.5) is 0 Å². The van der Waals surface area contributed by atoms with Crippen LogP contribution in [0, 0.1) is 7.14 Å². The van der Waals surface area contributed by atoms with Crippen LogP contribution in [0.3, 0.4) is 0 Å². The number of rotatable bonds is 2. The molecule has 0 saturated heterocycles. The van der Waals surface area contributed by atoms with E-state index in [0.29, 0.717) is 7.14 Å². The van der Waals surface area contributed by atoms with Gasteiger partial charge in [0.25, 0.3) is 0 Å². The fourth-order valence-corrected chi connectivity index (χ4v) is 2.37. The Morgan fingerprint density at radius 1 is 0.739 bits per heavy atom. The Balaban J connectivity index is 0.000000403. The number of benzene rings is 2. The Hall–Kier alpha value is -1.07. The Morgan fingerprint density at radius 2 is 1.04 bits per heavy atom. The van der Waals surface area contributed by atoms with E-state index in [9.17, 15) is 19.8 Å². The third kappa shape index (κ3) is 6.15. The standard InChI is InChI=1S/2C7H5IO3.Ni/c2*8-5-3-1-2-4(6(5)9)7(10)11;/h2*1-3,9H,(H,10,11);. The molecule has 0 radical (unpaired) electrons. The molecule has 0 spiro atoms. The van der Waals surface area contributed by atoms with Crippen molar-refractivity contribution < 1.29 is 46.5 Å². The molecule has 0 unspecified atom stereocenters. The predicted molar refractivity (Wildman–Crippen MR) is 95.6 cm³/mol. The monoisotopic (exact) mass is 586 g/mol. The molecular formula is C14H10I2NiO6. The zero-order chi connectivity index (χ0) is 16.9. The molecule has 0 aliphatic carbocycles. The van der Waals surface area contributed by atoms with Crippen LogP contribution in [-0.4, -0.2) is 32.4 Å². The van der Waals surface area contributed by atoms with Gasteiger partial charge >= 0.3 is 11.9 Å². The minimum absolute atomic E-state index is 0. The first-order chi connectivity index (χ1) is 10.3. The molecule has 0 heterocycles. The molecule has 23 heavy (non-hydrogen) atoms. The molecule has 0 saturated carbocycles. The molecule has 9 heteroatoms. The van der Waals surface area contributed by atoms with Crippen molar-refractivity contribution in [3.63, 3.8) is 0 Å². The van der Waals surface area contributed by atoms with Crippen molar-refractivity contribution >= 4 is 57.1 Å². The molecule has 0 fully saturated rings. The van der Waals surface area contributed by atoms with Gasteiger partial charge in [0.05, 0.1) is 7.14 Å². The Kier molecular flexibility index (Phi) is 9.48. The number of carboxylic acid groups (broad SMARTS) is 2. The maximum atomic E-state index is 10.4. The Morgan fingerprint density at radius 3 is 1.26 bits per heavy atom. The molecule has 2 rings (SSSR count). The summed E-state index contributed by atoms with van der Waals surface area (Å²) >= 11 is 3.74. The van der Waals surface area contributed by atoms with Crippen molar-refractivity contribution in [3.8, 4) is 11.5 Å². The molecule has 0 amide bonds. The first-order valence-electron chi connectivity index (χ1n) is 5.67. The maximum Gasteiger partial charge on any atom is 0.339 e. The predicted octanol–water partition coefficient (Wildman–Crippen LogP) is 3.39. The van der Waals surface area contributed by atoms with Gasteiger partial charge in [0, 0.05) is 16.5 Å². The van der Waals surface area contributed by atoms with E-state index < -0.39 is 11.9 Å². The van der Waals surface area contributed by atoms with Crippen LogP contribution in [0.1, 0.15) is 20.7 Å². The van der Waals surface area contributed by atoms with Gasteiger partial charge in [-0.1, -0.05) is 12.1 Å². The molecule has 0 aliphatic heterocycles. The summed E-state index contributed by atoms with van der Waals surface area (Å²) in [4.78, 5) is 20.8. The van der Waals surface area contributed by atoms with E-state index >= 15 is 0 Å². The number of phenols is 2. The number of para-hydroxylation sites is 2. The number of halogens is 2. The van der Waals surface area contributed by atoms with Crippen LogP contribution in [0.15, 0.2) is 36.4 Å². The number of aromatic hydroxyl groups is 2. The number of hydrogen-bond donors (Lipinski definition) is 4. The van der Waals surface area contributed by atoms with Gasteiger partial charge in [0.15, 0.2) is 0 Å². The van der Waals surface area contributed by atoms with Crippen molar-refractivity contribution in [2.24, 2.45) is 0 Å². The summed E-state index contributed by atoms with van der Waals surface area (Å²) in [5, 5.41) is 35.4. The largest absolute Gasteiger partial charge is 0.506 e. The number of carboxylic acids is 2. The van der Waals surface area contributed by atoms with Crippen LogP contribution in [0.5, 0.6) is 11.5 Å². The molecule has 0 bridgehead atoms. The fraction of sp³-hybridized carbons (Fsp3) is 0. The zero-order valence-electron chi connectivity index (χ0n) is 11.1. The molecule has 0 aromatic heterocycles. The van der Waals surface area contributed by atoms with E-state index in [0.717, 1.165) is 0 Å². The van der Waals surface area contributed by atoms with Gasteiger partial charge in [0.1, 0.15) is 22.6 Å². The van der Waals surface area contributed by atoms with Crippen molar-refractivity contribution in [2.75, 3.05) is 0 Å². The second kappa shape index (κ2) is 9.94. The van der Waals surface area contributed by atoms with Gasteiger partial charge < -0.3 is 20.4 Å². The topological polar surface area (TPSA) is 115 Å². The molecule has 2 aromatic carbocycles. The van der Waals surface area contributed by atoms with Gasteiger partial charge in [-0.25, -0.2) is 9.59 Å². The minimum atomic E-state index is -1.11. The van der Waals surface area contributed by atoms with Crippen molar-refractivity contribution in [2.45, 2.75) is 0 Å². The number of aromatic carboxylic acids is 2. The van der Waals surface area contributed by atoms with Gasteiger partial charge in [-0.3, -0.25) is 0 Å². The minimum Gasteiger partial charge on any atom is -0.506 e. The van der Waals surface area contributed by atoms with Crippen molar-refractivity contribution in [1.29, 1.82) is 0 Å². The number of hydrogen-bond acceptors (Lipinski definition) is 4. The van der Waals surface area contributed by atoms with Gasteiger partial charge in [-0.15, -0.1) is 0 Å². The summed E-state index contributed by atoms with van der Waals surface area (Å²) < 4.78 is 1.09. The van der Waals surface area contributed by atoms with E-state index in [1.807, 2.05) is 45.2 Å². The molecular weight excluding hydrogens is 577 g/mol. The maximum absolute atomic E-state index is 10.4. The van der Waals surface area contributed by atoms with E-state index in [1.54, 1.807) is 24.3 Å². The Bertz CT molecular complexity index is 659. The normalized spacial score (nSPS) is 9.13. The molecule has 0 atom stereocenters. The second-order valence-corrected chi connectivity index (χ2v) is 6.21. The smallest absolute Gasteiger partial charge is 0.339 e. The first kappa shape index (κ1) is 21.9. The summed E-state index contributed by atoms with van der Waals surface area (Å²) in [6, 6.07) is 9.18. The quantitative estimate of drug-likeness (QED) is 0.317. The second-order valence-electron chi connectivity index (χ2n) is 3.88. The molecule has 6 nitrogen and oxygen atoms in total. The summed E-state index contributed by atoms with van der Waals surface area (Å²) in [7, 11) is 0. The molecule has 0 aliphatic rings. The van der Waals surface area contributed by atoms with E-state index in [4.69, 9.17) is 10.2 Å². The van der Waals surface area contributed by atoms with Crippen LogP contribution in [0.25, 0.3) is 0 Å². The van der Waals surface area contributed by atoms with Crippen LogP contribution < -0.4 is 0 Å². The fourth-order valence-electron chi connectivity index (χ4n) is 1.38. The van der Waals surface area contributed by atoms with Gasteiger partial charge in [-0.2, -0.15) is 0 Å². The summed E-state index contributed by atoms with van der Waals surface area (Å²) in [6.45, 7) is 0. The van der Waals surface area contributed by atoms with E-state index in [1.165, 1.54) is 12.1 Å². The number of carbonyl (C=O) groups is 2. The van der Waals surface area contributed by atoms with E-state index in [-0.39, 0.29) is 39.1 Å². The van der Waals surface area contributed by atoms with Gasteiger partial charge in [-0.05, 0) is 69.4 Å². The average molecular weight is 587 g/mol. The van der Waals surface area contributed by atoms with Crippen LogP contribution in [0.2, 0.25) is 0 Å². The third-order valence-corrected chi connectivity index (χ3v) is 4.18.